The molecule has 1 saturated heterocycles. The van der Waals surface area contributed by atoms with Crippen molar-refractivity contribution in [1.82, 2.24) is 15.5 Å². The molecule has 0 aromatic rings. The van der Waals surface area contributed by atoms with Crippen molar-refractivity contribution < 1.29 is 19.5 Å². The molecule has 7 nitrogen and oxygen atoms in total. The van der Waals surface area contributed by atoms with Crippen LogP contribution in [0, 0.1) is 5.41 Å². The Kier molecular flexibility index (Phi) is 6.61. The first kappa shape index (κ1) is 17.4. The summed E-state index contributed by atoms with van der Waals surface area (Å²) in [4.78, 5) is 36.3. The molecule has 7 heteroatoms. The van der Waals surface area contributed by atoms with Crippen LogP contribution in [0.3, 0.4) is 0 Å². The van der Waals surface area contributed by atoms with Crippen molar-refractivity contribution in [1.29, 1.82) is 0 Å². The van der Waals surface area contributed by atoms with Gasteiger partial charge in [0, 0.05) is 6.54 Å². The van der Waals surface area contributed by atoms with Crippen LogP contribution in [0.2, 0.25) is 0 Å². The highest BCUT2D eigenvalue weighted by molar-refractivity contribution is 5.95. The molecule has 3 amide bonds. The number of hydrogen-bond donors (Lipinski definition) is 3. The molecule has 21 heavy (non-hydrogen) atoms. The van der Waals surface area contributed by atoms with Crippen molar-refractivity contribution in [3.63, 3.8) is 0 Å². The lowest BCUT2D eigenvalue weighted by Crippen LogP contribution is -2.49. The van der Waals surface area contributed by atoms with Gasteiger partial charge in [-0.3, -0.25) is 19.8 Å². The zero-order valence-electron chi connectivity index (χ0n) is 12.8. The minimum absolute atomic E-state index is 0.124. The van der Waals surface area contributed by atoms with Crippen LogP contribution in [-0.2, 0) is 9.59 Å². The molecule has 0 aliphatic carbocycles. The van der Waals surface area contributed by atoms with Crippen LogP contribution in [0.1, 0.15) is 39.5 Å². The van der Waals surface area contributed by atoms with E-state index in [1.54, 1.807) is 0 Å². The maximum Gasteiger partial charge on any atom is 0.321 e. The van der Waals surface area contributed by atoms with Crippen LogP contribution in [0.4, 0.5) is 4.79 Å². The monoisotopic (exact) mass is 299 g/mol. The first-order valence-electron chi connectivity index (χ1n) is 7.47. The van der Waals surface area contributed by atoms with E-state index in [2.05, 4.69) is 10.6 Å². The third kappa shape index (κ3) is 5.00. The third-order valence-electron chi connectivity index (χ3n) is 4.10. The molecule has 120 valence electrons. The number of rotatable bonds is 6. The Morgan fingerprint density at radius 2 is 1.81 bits per heavy atom. The molecule has 1 aliphatic heterocycles. The molecule has 0 spiro atoms. The number of hydrogen-bond acceptors (Lipinski definition) is 4. The SMILES string of the molecule is CCCNC(=O)NC(=O)CN1CCC(CC)(C(=O)O)CC1. The number of likely N-dealkylation sites (tertiary alicyclic amines) is 1. The Labute approximate surface area is 125 Å². The molecule has 0 unspecified atom stereocenters. The standard InChI is InChI=1S/C14H25N3O4/c1-3-7-15-13(21)16-11(18)10-17-8-5-14(4-2,6-9-17)12(19)20/h3-10H2,1-2H3,(H,19,20)(H2,15,16,18,21). The van der Waals surface area contributed by atoms with Gasteiger partial charge < -0.3 is 10.4 Å². The van der Waals surface area contributed by atoms with Crippen molar-refractivity contribution >= 4 is 17.9 Å². The number of carboxylic acid groups (broad SMARTS) is 1. The van der Waals surface area contributed by atoms with Gasteiger partial charge in [-0.2, -0.15) is 0 Å². The van der Waals surface area contributed by atoms with E-state index in [-0.39, 0.29) is 12.5 Å². The number of amides is 3. The van der Waals surface area contributed by atoms with Gasteiger partial charge in [0.25, 0.3) is 0 Å². The Hall–Kier alpha value is -1.63. The maximum atomic E-state index is 11.7. The quantitative estimate of drug-likeness (QED) is 0.674. The largest absolute Gasteiger partial charge is 0.481 e. The molecule has 1 fully saturated rings. The fourth-order valence-electron chi connectivity index (χ4n) is 2.51. The summed E-state index contributed by atoms with van der Waals surface area (Å²) in [5.74, 6) is -1.11. The first-order chi connectivity index (χ1) is 9.93. The van der Waals surface area contributed by atoms with Crippen LogP contribution < -0.4 is 10.6 Å². The van der Waals surface area contributed by atoms with Crippen LogP contribution >= 0.6 is 0 Å². The molecule has 1 heterocycles. The second-order valence-corrected chi connectivity index (χ2v) is 5.52. The van der Waals surface area contributed by atoms with Crippen LogP contribution in [0.5, 0.6) is 0 Å². The van der Waals surface area contributed by atoms with Gasteiger partial charge in [-0.1, -0.05) is 13.8 Å². The van der Waals surface area contributed by atoms with Crippen molar-refractivity contribution in [2.45, 2.75) is 39.5 Å². The molecular weight excluding hydrogens is 274 g/mol. The van der Waals surface area contributed by atoms with Gasteiger partial charge in [-0.15, -0.1) is 0 Å². The number of nitrogens with one attached hydrogen (secondary N) is 2. The number of urea groups is 1. The topological polar surface area (TPSA) is 98.7 Å². The predicted molar refractivity (Wildman–Crippen MR) is 77.9 cm³/mol. The van der Waals surface area contributed by atoms with Crippen LogP contribution in [0.15, 0.2) is 0 Å². The summed E-state index contributed by atoms with van der Waals surface area (Å²) in [6, 6.07) is -0.479. The molecular formula is C14H25N3O4. The molecule has 1 aliphatic rings. The third-order valence-corrected chi connectivity index (χ3v) is 4.10. The summed E-state index contributed by atoms with van der Waals surface area (Å²) in [6.07, 6.45) is 2.48. The summed E-state index contributed by atoms with van der Waals surface area (Å²) in [5, 5.41) is 14.2. The lowest BCUT2D eigenvalue weighted by atomic mass is 9.76. The van der Waals surface area contributed by atoms with Crippen molar-refractivity contribution in [3.8, 4) is 0 Å². The van der Waals surface area contributed by atoms with Crippen molar-refractivity contribution in [2.24, 2.45) is 5.41 Å². The Morgan fingerprint density at radius 1 is 1.19 bits per heavy atom. The smallest absolute Gasteiger partial charge is 0.321 e. The lowest BCUT2D eigenvalue weighted by molar-refractivity contribution is -0.152. The van der Waals surface area contributed by atoms with E-state index in [1.807, 2.05) is 18.7 Å². The molecule has 3 N–H and O–H groups in total. The minimum atomic E-state index is -0.756. The highest BCUT2D eigenvalue weighted by atomic mass is 16.4. The highest BCUT2D eigenvalue weighted by Gasteiger charge is 2.39. The predicted octanol–water partition coefficient (Wildman–Crippen LogP) is 0.799. The molecule has 0 saturated carbocycles. The van der Waals surface area contributed by atoms with E-state index < -0.39 is 17.4 Å². The van der Waals surface area contributed by atoms with Crippen molar-refractivity contribution in [3.05, 3.63) is 0 Å². The van der Waals surface area contributed by atoms with E-state index in [0.717, 1.165) is 6.42 Å². The van der Waals surface area contributed by atoms with Gasteiger partial charge in [0.1, 0.15) is 0 Å². The molecule has 0 bridgehead atoms. The minimum Gasteiger partial charge on any atom is -0.481 e. The molecule has 1 rings (SSSR count). The van der Waals surface area contributed by atoms with Gasteiger partial charge >= 0.3 is 12.0 Å². The highest BCUT2D eigenvalue weighted by Crippen LogP contribution is 2.34. The van der Waals surface area contributed by atoms with E-state index in [0.29, 0.717) is 38.9 Å². The van der Waals surface area contributed by atoms with E-state index in [1.165, 1.54) is 0 Å². The first-order valence-corrected chi connectivity index (χ1v) is 7.47. The Bertz CT molecular complexity index is 390. The maximum absolute atomic E-state index is 11.7. The Morgan fingerprint density at radius 3 is 2.29 bits per heavy atom. The van der Waals surface area contributed by atoms with Gasteiger partial charge in [0.2, 0.25) is 5.91 Å². The zero-order chi connectivity index (χ0) is 15.9. The molecule has 0 atom stereocenters. The van der Waals surface area contributed by atoms with Crippen LogP contribution in [-0.4, -0.2) is 54.1 Å². The fraction of sp³-hybridized carbons (Fsp3) is 0.786. The van der Waals surface area contributed by atoms with E-state index in [4.69, 9.17) is 0 Å². The normalized spacial score (nSPS) is 18.0. The average molecular weight is 299 g/mol. The summed E-state index contributed by atoms with van der Waals surface area (Å²) < 4.78 is 0. The second-order valence-electron chi connectivity index (χ2n) is 5.52. The average Bonchev–Trinajstić information content (AvgIpc) is 2.45. The van der Waals surface area contributed by atoms with Crippen molar-refractivity contribution in [2.75, 3.05) is 26.2 Å². The van der Waals surface area contributed by atoms with E-state index >= 15 is 0 Å². The summed E-state index contributed by atoms with van der Waals surface area (Å²) in [7, 11) is 0. The van der Waals surface area contributed by atoms with Crippen LogP contribution in [0.25, 0.3) is 0 Å². The molecule has 0 aromatic heterocycles. The van der Waals surface area contributed by atoms with E-state index in [9.17, 15) is 19.5 Å². The summed E-state index contributed by atoms with van der Waals surface area (Å²) >= 11 is 0. The number of imide groups is 1. The molecule has 0 aromatic carbocycles. The summed E-state index contributed by atoms with van der Waals surface area (Å²) in [5.41, 5.74) is -0.661. The number of carboxylic acids is 1. The number of piperidine rings is 1. The number of carbonyl (C=O) groups is 3. The second kappa shape index (κ2) is 7.97. The van der Waals surface area contributed by atoms with Gasteiger partial charge in [0.15, 0.2) is 0 Å². The fourth-order valence-corrected chi connectivity index (χ4v) is 2.51. The zero-order valence-corrected chi connectivity index (χ0v) is 12.8. The Balaban J connectivity index is 2.37. The summed E-state index contributed by atoms with van der Waals surface area (Å²) in [6.45, 7) is 5.58. The number of carbonyl (C=O) groups excluding carboxylic acids is 2. The number of nitrogens with zero attached hydrogens (tertiary/aromatic N) is 1. The number of aliphatic carboxylic acids is 1. The van der Waals surface area contributed by atoms with Gasteiger partial charge in [-0.05, 0) is 38.8 Å². The van der Waals surface area contributed by atoms with Gasteiger partial charge in [0.05, 0.1) is 12.0 Å². The lowest BCUT2D eigenvalue weighted by Gasteiger charge is -2.37. The van der Waals surface area contributed by atoms with Gasteiger partial charge in [-0.25, -0.2) is 4.79 Å². The molecule has 0 radical (unpaired) electrons.